The molecule has 0 saturated heterocycles. The molecule has 8 heteroatoms. The number of sulfonamides is 1. The lowest BCUT2D eigenvalue weighted by Gasteiger charge is -2.38. The Morgan fingerprint density at radius 2 is 1.70 bits per heavy atom. The highest BCUT2D eigenvalue weighted by Gasteiger charge is 2.34. The van der Waals surface area contributed by atoms with E-state index in [1.54, 1.807) is 12.1 Å². The van der Waals surface area contributed by atoms with Crippen LogP contribution in [-0.2, 0) is 14.8 Å². The molecule has 2 N–H and O–H groups in total. The van der Waals surface area contributed by atoms with Crippen molar-refractivity contribution in [3.63, 3.8) is 0 Å². The number of para-hydroxylation sites is 2. The van der Waals surface area contributed by atoms with Gasteiger partial charge in [-0.3, -0.25) is 14.6 Å². The topological polar surface area (TPSA) is 92.9 Å². The van der Waals surface area contributed by atoms with Gasteiger partial charge in [0, 0.05) is 6.04 Å². The molecule has 0 bridgehead atoms. The van der Waals surface area contributed by atoms with Crippen molar-refractivity contribution in [3.05, 3.63) is 90.0 Å². The van der Waals surface area contributed by atoms with Gasteiger partial charge in [0.2, 0.25) is 15.9 Å². The fourth-order valence-corrected chi connectivity index (χ4v) is 4.55. The summed E-state index contributed by atoms with van der Waals surface area (Å²) in [5.74, 6) is 0.641. The highest BCUT2D eigenvalue weighted by Crippen LogP contribution is 2.39. The summed E-state index contributed by atoms with van der Waals surface area (Å²) < 4.78 is 29.0. The van der Waals surface area contributed by atoms with Crippen LogP contribution in [0.25, 0.3) is 0 Å². The lowest BCUT2D eigenvalue weighted by Crippen LogP contribution is -2.45. The molecular formula is C25H27N3O4S. The second-order valence-electron chi connectivity index (χ2n) is 8.17. The average molecular weight is 466 g/mol. The van der Waals surface area contributed by atoms with Gasteiger partial charge in [-0.05, 0) is 49.4 Å². The van der Waals surface area contributed by atoms with Crippen LogP contribution in [0.1, 0.15) is 30.1 Å². The molecule has 1 aliphatic heterocycles. The molecule has 7 nitrogen and oxygen atoms in total. The minimum absolute atomic E-state index is 0.0462. The van der Waals surface area contributed by atoms with E-state index in [0.717, 1.165) is 16.8 Å². The predicted octanol–water partition coefficient (Wildman–Crippen LogP) is 3.49. The second kappa shape index (κ2) is 9.35. The van der Waals surface area contributed by atoms with Crippen LogP contribution in [0, 0.1) is 0 Å². The molecule has 0 fully saturated rings. The van der Waals surface area contributed by atoms with Crippen LogP contribution in [0.3, 0.4) is 0 Å². The molecule has 33 heavy (non-hydrogen) atoms. The van der Waals surface area contributed by atoms with Gasteiger partial charge < -0.3 is 4.74 Å². The molecule has 172 valence electrons. The van der Waals surface area contributed by atoms with E-state index in [0.29, 0.717) is 12.4 Å². The van der Waals surface area contributed by atoms with E-state index in [1.165, 1.54) is 12.1 Å². The first kappa shape index (κ1) is 23.0. The van der Waals surface area contributed by atoms with Crippen molar-refractivity contribution < 1.29 is 17.9 Å². The molecule has 0 aromatic heterocycles. The number of amides is 1. The number of primary sulfonamides is 1. The van der Waals surface area contributed by atoms with E-state index in [4.69, 9.17) is 9.88 Å². The highest BCUT2D eigenvalue weighted by atomic mass is 32.2. The monoisotopic (exact) mass is 465 g/mol. The summed E-state index contributed by atoms with van der Waals surface area (Å²) in [5, 5.41) is 5.19. The molecule has 1 heterocycles. The van der Waals surface area contributed by atoms with Crippen LogP contribution < -0.4 is 14.8 Å². The van der Waals surface area contributed by atoms with Gasteiger partial charge in [0.1, 0.15) is 12.4 Å². The molecule has 0 radical (unpaired) electrons. The molecule has 3 aromatic rings. The lowest BCUT2D eigenvalue weighted by molar-refractivity contribution is -0.120. The third-order valence-corrected chi connectivity index (χ3v) is 6.95. The normalized spacial score (nSPS) is 16.7. The number of fused-ring (bicyclic) bond motifs is 1. The molecule has 0 aliphatic carbocycles. The summed E-state index contributed by atoms with van der Waals surface area (Å²) >= 11 is 0. The predicted molar refractivity (Wildman–Crippen MR) is 127 cm³/mol. The van der Waals surface area contributed by atoms with Crippen LogP contribution in [0.4, 0.5) is 5.69 Å². The molecule has 1 aliphatic rings. The van der Waals surface area contributed by atoms with E-state index in [-0.39, 0.29) is 29.4 Å². The van der Waals surface area contributed by atoms with Crippen LogP contribution in [0.2, 0.25) is 0 Å². The number of hydrogen-bond acceptors (Lipinski definition) is 5. The number of anilines is 1. The maximum Gasteiger partial charge on any atom is 0.241 e. The molecule has 3 aromatic carbocycles. The summed E-state index contributed by atoms with van der Waals surface area (Å²) in [6, 6.07) is 23.5. The number of carbonyl (C=O) groups excluding carboxylic acids is 1. The fourth-order valence-electron chi connectivity index (χ4n) is 4.03. The average Bonchev–Trinajstić information content (AvgIpc) is 2.82. The van der Waals surface area contributed by atoms with Gasteiger partial charge >= 0.3 is 0 Å². The van der Waals surface area contributed by atoms with Gasteiger partial charge in [0.15, 0.2) is 0 Å². The standard InChI is InChI=1S/C25H27N3O4S/c1-18(19-12-14-21(15-13-19)33(26,30)31)27(2)16-25(29)28-22-10-6-7-11-24(22)32-17-23(28)20-8-4-3-5-9-20/h3-15,18,23H,16-17H2,1-2H3,(H2,26,30,31)/t18-,23+/m1/s1. The number of hydrogen-bond donors (Lipinski definition) is 1. The minimum atomic E-state index is -3.75. The highest BCUT2D eigenvalue weighted by molar-refractivity contribution is 7.89. The van der Waals surface area contributed by atoms with Gasteiger partial charge in [-0.25, -0.2) is 13.6 Å². The Morgan fingerprint density at radius 1 is 1.06 bits per heavy atom. The Morgan fingerprint density at radius 3 is 2.36 bits per heavy atom. The zero-order valence-corrected chi connectivity index (χ0v) is 19.4. The quantitative estimate of drug-likeness (QED) is 0.602. The number of nitrogens with two attached hydrogens (primary N) is 1. The summed E-state index contributed by atoms with van der Waals surface area (Å²) in [6.45, 7) is 2.53. The number of carbonyl (C=O) groups is 1. The zero-order valence-electron chi connectivity index (χ0n) is 18.6. The lowest BCUT2D eigenvalue weighted by atomic mass is 10.0. The van der Waals surface area contributed by atoms with Crippen molar-refractivity contribution in [2.45, 2.75) is 23.9 Å². The van der Waals surface area contributed by atoms with E-state index in [9.17, 15) is 13.2 Å². The first-order chi connectivity index (χ1) is 15.8. The van der Waals surface area contributed by atoms with Gasteiger partial charge in [0.05, 0.1) is 23.2 Å². The van der Waals surface area contributed by atoms with E-state index >= 15 is 0 Å². The number of benzene rings is 3. The Kier molecular flexibility index (Phi) is 6.51. The minimum Gasteiger partial charge on any atom is -0.489 e. The number of rotatable bonds is 6. The molecule has 0 saturated carbocycles. The molecular weight excluding hydrogens is 438 g/mol. The molecule has 4 rings (SSSR count). The van der Waals surface area contributed by atoms with Crippen LogP contribution >= 0.6 is 0 Å². The van der Waals surface area contributed by atoms with E-state index in [1.807, 2.05) is 78.4 Å². The van der Waals surface area contributed by atoms with Crippen LogP contribution in [0.5, 0.6) is 5.75 Å². The summed E-state index contributed by atoms with van der Waals surface area (Å²) in [5.41, 5.74) is 2.65. The number of likely N-dealkylation sites (N-methyl/N-ethyl adjacent to an activating group) is 1. The number of nitrogens with zero attached hydrogens (tertiary/aromatic N) is 2. The smallest absolute Gasteiger partial charge is 0.241 e. The van der Waals surface area contributed by atoms with Crippen molar-refractivity contribution in [1.29, 1.82) is 0 Å². The van der Waals surface area contributed by atoms with Gasteiger partial charge in [0.25, 0.3) is 0 Å². The fraction of sp³-hybridized carbons (Fsp3) is 0.240. The Labute approximate surface area is 194 Å². The van der Waals surface area contributed by atoms with Crippen molar-refractivity contribution >= 4 is 21.6 Å². The summed E-state index contributed by atoms with van der Waals surface area (Å²) in [7, 11) is -1.87. The Hall–Kier alpha value is -3.20. The van der Waals surface area contributed by atoms with Gasteiger partial charge in [-0.1, -0.05) is 54.6 Å². The summed E-state index contributed by atoms with van der Waals surface area (Å²) in [6.07, 6.45) is 0. The third kappa shape index (κ3) is 4.93. The van der Waals surface area contributed by atoms with Crippen LogP contribution in [-0.4, -0.2) is 39.4 Å². The molecule has 1 amide bonds. The number of ether oxygens (including phenoxy) is 1. The van der Waals surface area contributed by atoms with Crippen molar-refractivity contribution in [2.75, 3.05) is 25.1 Å². The molecule has 0 spiro atoms. The maximum absolute atomic E-state index is 13.6. The Bertz CT molecular complexity index is 1230. The second-order valence-corrected chi connectivity index (χ2v) is 9.74. The maximum atomic E-state index is 13.6. The SMILES string of the molecule is C[C@H](c1ccc(S(N)(=O)=O)cc1)N(C)CC(=O)N1c2ccccc2OC[C@H]1c1ccccc1. The first-order valence-electron chi connectivity index (χ1n) is 10.7. The Balaban J connectivity index is 1.57. The first-order valence-corrected chi connectivity index (χ1v) is 12.2. The van der Waals surface area contributed by atoms with Crippen molar-refractivity contribution in [1.82, 2.24) is 4.90 Å². The van der Waals surface area contributed by atoms with Crippen molar-refractivity contribution in [2.24, 2.45) is 5.14 Å². The third-order valence-electron chi connectivity index (χ3n) is 6.02. The largest absolute Gasteiger partial charge is 0.489 e. The molecule has 2 atom stereocenters. The van der Waals surface area contributed by atoms with E-state index in [2.05, 4.69) is 0 Å². The molecule has 0 unspecified atom stereocenters. The van der Waals surface area contributed by atoms with Gasteiger partial charge in [-0.2, -0.15) is 0 Å². The van der Waals surface area contributed by atoms with Gasteiger partial charge in [-0.15, -0.1) is 0 Å². The summed E-state index contributed by atoms with van der Waals surface area (Å²) in [4.78, 5) is 17.4. The van der Waals surface area contributed by atoms with Crippen molar-refractivity contribution in [3.8, 4) is 5.75 Å². The van der Waals surface area contributed by atoms with Crippen LogP contribution in [0.15, 0.2) is 83.8 Å². The zero-order chi connectivity index (χ0) is 23.6. The van der Waals surface area contributed by atoms with E-state index < -0.39 is 10.0 Å².